The van der Waals surface area contributed by atoms with Gasteiger partial charge in [0.2, 0.25) is 0 Å². The lowest BCUT2D eigenvalue weighted by molar-refractivity contribution is 0.0526. The fourth-order valence-corrected chi connectivity index (χ4v) is 1.66. The topological polar surface area (TPSA) is 46.5 Å². The fourth-order valence-electron chi connectivity index (χ4n) is 1.66. The first kappa shape index (κ1) is 12.3. The molecule has 0 aliphatic rings. The summed E-state index contributed by atoms with van der Waals surface area (Å²) in [7, 11) is 0. The SMILES string of the molecule is C=C(OC(=O)c1cccc2ccccc12)C(C)O. The number of aliphatic hydroxyl groups excluding tert-OH is 1. The Morgan fingerprint density at radius 1 is 1.22 bits per heavy atom. The predicted molar refractivity (Wildman–Crippen MR) is 70.2 cm³/mol. The summed E-state index contributed by atoms with van der Waals surface area (Å²) in [6.07, 6.45) is -0.871. The largest absolute Gasteiger partial charge is 0.425 e. The second-order valence-electron chi connectivity index (χ2n) is 4.06. The zero-order valence-corrected chi connectivity index (χ0v) is 10.1. The van der Waals surface area contributed by atoms with Gasteiger partial charge in [0.15, 0.2) is 0 Å². The Morgan fingerprint density at radius 3 is 2.61 bits per heavy atom. The molecule has 2 aromatic carbocycles. The quantitative estimate of drug-likeness (QED) is 0.665. The van der Waals surface area contributed by atoms with Crippen molar-refractivity contribution in [3.05, 3.63) is 60.4 Å². The van der Waals surface area contributed by atoms with Gasteiger partial charge in [0.25, 0.3) is 0 Å². The van der Waals surface area contributed by atoms with E-state index < -0.39 is 12.1 Å². The van der Waals surface area contributed by atoms with Crippen molar-refractivity contribution < 1.29 is 14.6 Å². The first-order valence-corrected chi connectivity index (χ1v) is 5.66. The first-order chi connectivity index (χ1) is 8.59. The van der Waals surface area contributed by atoms with Crippen LogP contribution in [0.15, 0.2) is 54.8 Å². The number of ether oxygens (including phenoxy) is 1. The minimum atomic E-state index is -0.871. The molecular formula is C15H14O3. The Bertz CT molecular complexity index is 594. The molecule has 1 unspecified atom stereocenters. The van der Waals surface area contributed by atoms with Crippen LogP contribution in [0.5, 0.6) is 0 Å². The molecule has 0 aromatic heterocycles. The summed E-state index contributed by atoms with van der Waals surface area (Å²) >= 11 is 0. The molecule has 1 N–H and O–H groups in total. The van der Waals surface area contributed by atoms with E-state index in [2.05, 4.69) is 6.58 Å². The minimum absolute atomic E-state index is 0.0490. The van der Waals surface area contributed by atoms with Crippen molar-refractivity contribution in [2.45, 2.75) is 13.0 Å². The summed E-state index contributed by atoms with van der Waals surface area (Å²) < 4.78 is 5.02. The molecule has 0 spiro atoms. The summed E-state index contributed by atoms with van der Waals surface area (Å²) in [6, 6.07) is 13.0. The highest BCUT2D eigenvalue weighted by Gasteiger charge is 2.14. The molecule has 2 rings (SSSR count). The van der Waals surface area contributed by atoms with Crippen LogP contribution in [-0.4, -0.2) is 17.2 Å². The molecule has 92 valence electrons. The normalized spacial score (nSPS) is 12.1. The minimum Gasteiger partial charge on any atom is -0.425 e. The van der Waals surface area contributed by atoms with Crippen LogP contribution in [0.2, 0.25) is 0 Å². The van der Waals surface area contributed by atoms with E-state index in [9.17, 15) is 9.90 Å². The van der Waals surface area contributed by atoms with Crippen LogP contribution in [0.4, 0.5) is 0 Å². The summed E-state index contributed by atoms with van der Waals surface area (Å²) in [5, 5.41) is 11.0. The van der Waals surface area contributed by atoms with E-state index in [0.717, 1.165) is 10.8 Å². The predicted octanol–water partition coefficient (Wildman–Crippen LogP) is 2.89. The molecule has 0 aliphatic carbocycles. The average Bonchev–Trinajstić information content (AvgIpc) is 2.37. The van der Waals surface area contributed by atoms with Gasteiger partial charge in [-0.1, -0.05) is 43.0 Å². The van der Waals surface area contributed by atoms with Gasteiger partial charge in [0.1, 0.15) is 11.9 Å². The van der Waals surface area contributed by atoms with E-state index in [-0.39, 0.29) is 5.76 Å². The van der Waals surface area contributed by atoms with Crippen LogP contribution in [0, 0.1) is 0 Å². The van der Waals surface area contributed by atoms with Gasteiger partial charge in [-0.25, -0.2) is 4.79 Å². The van der Waals surface area contributed by atoms with Crippen LogP contribution < -0.4 is 0 Å². The van der Waals surface area contributed by atoms with E-state index in [1.807, 2.05) is 30.3 Å². The monoisotopic (exact) mass is 242 g/mol. The molecule has 0 saturated heterocycles. The highest BCUT2D eigenvalue weighted by atomic mass is 16.5. The first-order valence-electron chi connectivity index (χ1n) is 5.66. The molecule has 18 heavy (non-hydrogen) atoms. The smallest absolute Gasteiger partial charge is 0.343 e. The Kier molecular flexibility index (Phi) is 3.44. The number of hydrogen-bond acceptors (Lipinski definition) is 3. The third-order valence-electron chi connectivity index (χ3n) is 2.70. The molecule has 2 aromatic rings. The van der Waals surface area contributed by atoms with Crippen molar-refractivity contribution in [2.24, 2.45) is 0 Å². The van der Waals surface area contributed by atoms with Crippen LogP contribution in [0.25, 0.3) is 10.8 Å². The van der Waals surface area contributed by atoms with E-state index in [0.29, 0.717) is 5.56 Å². The third kappa shape index (κ3) is 2.41. The molecule has 0 aliphatic heterocycles. The van der Waals surface area contributed by atoms with Crippen LogP contribution in [0.1, 0.15) is 17.3 Å². The van der Waals surface area contributed by atoms with Crippen molar-refractivity contribution in [3.8, 4) is 0 Å². The zero-order chi connectivity index (χ0) is 13.1. The summed E-state index contributed by atoms with van der Waals surface area (Å²) in [4.78, 5) is 12.0. The molecular weight excluding hydrogens is 228 g/mol. The average molecular weight is 242 g/mol. The van der Waals surface area contributed by atoms with Gasteiger partial charge in [-0.05, 0) is 23.8 Å². The highest BCUT2D eigenvalue weighted by Crippen LogP contribution is 2.20. The lowest BCUT2D eigenvalue weighted by Crippen LogP contribution is -2.12. The summed E-state index contributed by atoms with van der Waals surface area (Å²) in [6.45, 7) is 5.01. The Labute approximate surface area is 105 Å². The third-order valence-corrected chi connectivity index (χ3v) is 2.70. The van der Waals surface area contributed by atoms with Gasteiger partial charge in [0, 0.05) is 0 Å². The molecule has 3 nitrogen and oxygen atoms in total. The molecule has 3 heteroatoms. The van der Waals surface area contributed by atoms with Gasteiger partial charge in [0.05, 0.1) is 5.56 Å². The number of esters is 1. The number of carbonyl (C=O) groups is 1. The maximum absolute atomic E-state index is 12.0. The molecule has 1 atom stereocenters. The number of fused-ring (bicyclic) bond motifs is 1. The van der Waals surface area contributed by atoms with Crippen LogP contribution >= 0.6 is 0 Å². The van der Waals surface area contributed by atoms with Gasteiger partial charge >= 0.3 is 5.97 Å². The summed E-state index contributed by atoms with van der Waals surface area (Å²) in [5.41, 5.74) is 0.468. The van der Waals surface area contributed by atoms with Gasteiger partial charge in [-0.2, -0.15) is 0 Å². The molecule has 0 saturated carbocycles. The van der Waals surface area contributed by atoms with Crippen molar-refractivity contribution in [1.82, 2.24) is 0 Å². The molecule has 0 heterocycles. The van der Waals surface area contributed by atoms with Gasteiger partial charge in [-0.3, -0.25) is 0 Å². The van der Waals surface area contributed by atoms with E-state index >= 15 is 0 Å². The van der Waals surface area contributed by atoms with Crippen molar-refractivity contribution >= 4 is 16.7 Å². The lowest BCUT2D eigenvalue weighted by atomic mass is 10.0. The van der Waals surface area contributed by atoms with Crippen LogP contribution in [0.3, 0.4) is 0 Å². The molecule has 0 amide bonds. The second-order valence-corrected chi connectivity index (χ2v) is 4.06. The van der Waals surface area contributed by atoms with Gasteiger partial charge < -0.3 is 9.84 Å². The van der Waals surface area contributed by atoms with E-state index in [1.165, 1.54) is 6.92 Å². The molecule has 0 fully saturated rings. The summed E-state index contributed by atoms with van der Waals surface area (Å²) in [5.74, 6) is -0.453. The Morgan fingerprint density at radius 2 is 1.89 bits per heavy atom. The lowest BCUT2D eigenvalue weighted by Gasteiger charge is -2.10. The maximum atomic E-state index is 12.0. The van der Waals surface area contributed by atoms with E-state index in [1.54, 1.807) is 12.1 Å². The number of hydrogen-bond donors (Lipinski definition) is 1. The second kappa shape index (κ2) is 5.02. The number of benzene rings is 2. The fraction of sp³-hybridized carbons (Fsp3) is 0.133. The molecule has 0 radical (unpaired) electrons. The van der Waals surface area contributed by atoms with E-state index in [4.69, 9.17) is 4.74 Å². The van der Waals surface area contributed by atoms with Crippen molar-refractivity contribution in [3.63, 3.8) is 0 Å². The number of aliphatic hydroxyl groups is 1. The Hall–Kier alpha value is -2.13. The number of rotatable bonds is 3. The standard InChI is InChI=1S/C15H14O3/c1-10(16)11(2)18-15(17)14-9-5-7-12-6-3-4-8-13(12)14/h3-10,16H,2H2,1H3. The highest BCUT2D eigenvalue weighted by molar-refractivity contribution is 6.04. The van der Waals surface area contributed by atoms with Crippen molar-refractivity contribution in [2.75, 3.05) is 0 Å². The zero-order valence-electron chi connectivity index (χ0n) is 10.1. The van der Waals surface area contributed by atoms with Gasteiger partial charge in [-0.15, -0.1) is 0 Å². The maximum Gasteiger partial charge on any atom is 0.343 e. The van der Waals surface area contributed by atoms with Crippen molar-refractivity contribution in [1.29, 1.82) is 0 Å². The van der Waals surface area contributed by atoms with Crippen LogP contribution in [-0.2, 0) is 4.74 Å². The molecule has 0 bridgehead atoms. The number of carbonyl (C=O) groups excluding carboxylic acids is 1. The Balaban J connectivity index is 2.36.